The van der Waals surface area contributed by atoms with Crippen LogP contribution < -0.4 is 10.1 Å². The van der Waals surface area contributed by atoms with Crippen molar-refractivity contribution in [2.75, 3.05) is 0 Å². The number of fused-ring (bicyclic) bond motifs is 1. The Balaban J connectivity index is 2.24. The molecule has 0 aromatic carbocycles. The molecule has 5 nitrogen and oxygen atoms in total. The van der Waals surface area contributed by atoms with Gasteiger partial charge in [0.1, 0.15) is 21.9 Å². The quantitative estimate of drug-likeness (QED) is 0.641. The predicted octanol–water partition coefficient (Wildman–Crippen LogP) is 0.909. The number of hydrogen-bond acceptors (Lipinski definition) is 5. The van der Waals surface area contributed by atoms with Gasteiger partial charge in [-0.05, 0) is 26.0 Å². The van der Waals surface area contributed by atoms with Crippen LogP contribution in [0, 0.1) is 13.8 Å². The van der Waals surface area contributed by atoms with Crippen LogP contribution in [-0.4, -0.2) is 14.6 Å². The van der Waals surface area contributed by atoms with Gasteiger partial charge in [0.2, 0.25) is 4.96 Å². The van der Waals surface area contributed by atoms with E-state index in [0.29, 0.717) is 21.1 Å². The first-order chi connectivity index (χ1) is 8.13. The Hall–Kier alpha value is -1.95. The fourth-order valence-corrected chi connectivity index (χ4v) is 2.53. The van der Waals surface area contributed by atoms with Crippen LogP contribution in [0.25, 0.3) is 11.0 Å². The largest absolute Gasteiger partial charge is 0.462 e. The first-order valence-corrected chi connectivity index (χ1v) is 5.89. The van der Waals surface area contributed by atoms with Crippen molar-refractivity contribution < 1.29 is 4.42 Å². The summed E-state index contributed by atoms with van der Waals surface area (Å²) >= 11 is 1.31. The lowest BCUT2D eigenvalue weighted by atomic mass is 10.4. The third-order valence-corrected chi connectivity index (χ3v) is 3.28. The van der Waals surface area contributed by atoms with Crippen LogP contribution in [0.3, 0.4) is 0 Å². The summed E-state index contributed by atoms with van der Waals surface area (Å²) in [6, 6.07) is 3.69. The third kappa shape index (κ3) is 1.66. The Morgan fingerprint density at radius 1 is 1.41 bits per heavy atom. The Labute approximate surface area is 100 Å². The SMILES string of the molecule is Cc1nc2s/c(=C\c3ccc(C)o3)c(=O)n2n1. The second-order valence-electron chi connectivity index (χ2n) is 3.72. The fourth-order valence-electron chi connectivity index (χ4n) is 1.59. The van der Waals surface area contributed by atoms with Crippen molar-refractivity contribution in [2.24, 2.45) is 0 Å². The molecule has 0 amide bonds. The lowest BCUT2D eigenvalue weighted by molar-refractivity contribution is 0.525. The van der Waals surface area contributed by atoms with E-state index in [4.69, 9.17) is 4.42 Å². The Morgan fingerprint density at radius 3 is 2.88 bits per heavy atom. The average Bonchev–Trinajstić information content (AvgIpc) is 2.89. The molecule has 3 aromatic rings. The summed E-state index contributed by atoms with van der Waals surface area (Å²) in [6.45, 7) is 3.63. The smallest absolute Gasteiger partial charge is 0.291 e. The molecule has 0 atom stereocenters. The van der Waals surface area contributed by atoms with Gasteiger partial charge < -0.3 is 4.42 Å². The van der Waals surface area contributed by atoms with Crippen molar-refractivity contribution in [2.45, 2.75) is 13.8 Å². The molecular formula is C11H9N3O2S. The van der Waals surface area contributed by atoms with E-state index in [1.54, 1.807) is 13.0 Å². The minimum atomic E-state index is -0.153. The van der Waals surface area contributed by atoms with Gasteiger partial charge in [-0.2, -0.15) is 4.52 Å². The van der Waals surface area contributed by atoms with Gasteiger partial charge in [0, 0.05) is 6.08 Å². The molecule has 0 fully saturated rings. The van der Waals surface area contributed by atoms with E-state index >= 15 is 0 Å². The number of rotatable bonds is 1. The molecule has 0 bridgehead atoms. The highest BCUT2D eigenvalue weighted by atomic mass is 32.1. The molecule has 0 aliphatic carbocycles. The highest BCUT2D eigenvalue weighted by molar-refractivity contribution is 7.15. The highest BCUT2D eigenvalue weighted by Gasteiger charge is 2.08. The minimum Gasteiger partial charge on any atom is -0.462 e. The van der Waals surface area contributed by atoms with Gasteiger partial charge in [0.25, 0.3) is 5.56 Å². The molecular weight excluding hydrogens is 238 g/mol. The minimum absolute atomic E-state index is 0.153. The number of aryl methyl sites for hydroxylation is 2. The van der Waals surface area contributed by atoms with Crippen molar-refractivity contribution in [3.8, 4) is 0 Å². The van der Waals surface area contributed by atoms with E-state index in [-0.39, 0.29) is 5.56 Å². The summed E-state index contributed by atoms with van der Waals surface area (Å²) in [7, 11) is 0. The molecule has 6 heteroatoms. The van der Waals surface area contributed by atoms with Crippen LogP contribution >= 0.6 is 11.3 Å². The molecule has 86 valence electrons. The molecule has 0 radical (unpaired) electrons. The number of aromatic nitrogens is 3. The third-order valence-electron chi connectivity index (χ3n) is 2.32. The molecule has 0 aliphatic rings. The summed E-state index contributed by atoms with van der Waals surface area (Å²) in [4.78, 5) is 16.7. The van der Waals surface area contributed by atoms with Crippen molar-refractivity contribution >= 4 is 22.4 Å². The molecule has 3 rings (SSSR count). The van der Waals surface area contributed by atoms with Gasteiger partial charge in [0.05, 0.1) is 0 Å². The van der Waals surface area contributed by atoms with Crippen LogP contribution in [0.2, 0.25) is 0 Å². The van der Waals surface area contributed by atoms with E-state index in [1.165, 1.54) is 15.9 Å². The maximum Gasteiger partial charge on any atom is 0.291 e. The number of hydrogen-bond donors (Lipinski definition) is 0. The molecule has 17 heavy (non-hydrogen) atoms. The molecule has 0 saturated heterocycles. The Kier molecular flexibility index (Phi) is 2.12. The van der Waals surface area contributed by atoms with Crippen LogP contribution in [0.1, 0.15) is 17.3 Å². The summed E-state index contributed by atoms with van der Waals surface area (Å²) < 4.78 is 7.30. The van der Waals surface area contributed by atoms with Crippen LogP contribution in [0.4, 0.5) is 0 Å². The van der Waals surface area contributed by atoms with Crippen molar-refractivity contribution in [3.05, 3.63) is 44.4 Å². The van der Waals surface area contributed by atoms with Crippen molar-refractivity contribution in [1.29, 1.82) is 0 Å². The van der Waals surface area contributed by atoms with Crippen LogP contribution in [-0.2, 0) is 0 Å². The zero-order valence-electron chi connectivity index (χ0n) is 9.30. The molecule has 3 heterocycles. The normalized spacial score (nSPS) is 12.7. The number of thiazole rings is 1. The van der Waals surface area contributed by atoms with E-state index in [1.807, 2.05) is 19.1 Å². The molecule has 0 spiro atoms. The average molecular weight is 247 g/mol. The summed E-state index contributed by atoms with van der Waals surface area (Å²) in [6.07, 6.45) is 1.71. The first kappa shape index (κ1) is 10.2. The zero-order chi connectivity index (χ0) is 12.0. The van der Waals surface area contributed by atoms with Crippen molar-refractivity contribution in [1.82, 2.24) is 14.6 Å². The van der Waals surface area contributed by atoms with Gasteiger partial charge in [-0.1, -0.05) is 11.3 Å². The molecule has 0 aliphatic heterocycles. The van der Waals surface area contributed by atoms with Crippen molar-refractivity contribution in [3.63, 3.8) is 0 Å². The van der Waals surface area contributed by atoms with Gasteiger partial charge in [0.15, 0.2) is 0 Å². The van der Waals surface area contributed by atoms with Crippen LogP contribution in [0.15, 0.2) is 21.3 Å². The maximum atomic E-state index is 12.0. The topological polar surface area (TPSA) is 60.4 Å². The fraction of sp³-hybridized carbons (Fsp3) is 0.182. The van der Waals surface area contributed by atoms with E-state index < -0.39 is 0 Å². The van der Waals surface area contributed by atoms with E-state index in [2.05, 4.69) is 10.1 Å². The standard InChI is InChI=1S/C11H9N3O2S/c1-6-3-4-8(16-6)5-9-10(15)14-11(17-9)12-7(2)13-14/h3-5H,1-2H3/b9-5-. The van der Waals surface area contributed by atoms with Gasteiger partial charge in [-0.15, -0.1) is 5.10 Å². The zero-order valence-corrected chi connectivity index (χ0v) is 10.1. The van der Waals surface area contributed by atoms with Gasteiger partial charge in [-0.25, -0.2) is 4.98 Å². The molecule has 0 saturated carbocycles. The number of nitrogens with zero attached hydrogens (tertiary/aromatic N) is 3. The molecule has 0 unspecified atom stereocenters. The van der Waals surface area contributed by atoms with Crippen LogP contribution in [0.5, 0.6) is 0 Å². The monoisotopic (exact) mass is 247 g/mol. The lowest BCUT2D eigenvalue weighted by Crippen LogP contribution is -2.23. The summed E-state index contributed by atoms with van der Waals surface area (Å²) in [5.41, 5.74) is -0.153. The summed E-state index contributed by atoms with van der Waals surface area (Å²) in [5, 5.41) is 4.03. The second-order valence-corrected chi connectivity index (χ2v) is 4.73. The maximum absolute atomic E-state index is 12.0. The van der Waals surface area contributed by atoms with Gasteiger partial charge >= 0.3 is 0 Å². The Morgan fingerprint density at radius 2 is 2.24 bits per heavy atom. The lowest BCUT2D eigenvalue weighted by Gasteiger charge is -1.81. The van der Waals surface area contributed by atoms with E-state index in [0.717, 1.165) is 5.76 Å². The second kappa shape index (κ2) is 3.53. The Bertz CT molecular complexity index is 797. The molecule has 3 aromatic heterocycles. The predicted molar refractivity (Wildman–Crippen MR) is 64.1 cm³/mol. The molecule has 0 N–H and O–H groups in total. The van der Waals surface area contributed by atoms with Gasteiger partial charge in [-0.3, -0.25) is 4.79 Å². The first-order valence-electron chi connectivity index (χ1n) is 5.08. The summed E-state index contributed by atoms with van der Waals surface area (Å²) in [5.74, 6) is 2.09. The highest BCUT2D eigenvalue weighted by Crippen LogP contribution is 2.07. The van der Waals surface area contributed by atoms with E-state index in [9.17, 15) is 4.79 Å². The number of furan rings is 1.